The molecular formula is C11H13IN2OS. The molecular weight excluding hydrogens is 335 g/mol. The Labute approximate surface area is 114 Å². The lowest BCUT2D eigenvalue weighted by Gasteiger charge is -2.10. The molecule has 0 spiro atoms. The Morgan fingerprint density at radius 2 is 2.06 bits per heavy atom. The number of hydrogen-bond donors (Lipinski definition) is 2. The van der Waals surface area contributed by atoms with Crippen LogP contribution in [-0.2, 0) is 0 Å². The van der Waals surface area contributed by atoms with Gasteiger partial charge in [-0.05, 0) is 46.9 Å². The average molecular weight is 348 g/mol. The van der Waals surface area contributed by atoms with Crippen molar-refractivity contribution < 1.29 is 4.79 Å². The van der Waals surface area contributed by atoms with Crippen molar-refractivity contribution >= 4 is 45.7 Å². The van der Waals surface area contributed by atoms with Gasteiger partial charge in [-0.15, -0.1) is 0 Å². The van der Waals surface area contributed by atoms with Crippen molar-refractivity contribution in [1.29, 1.82) is 0 Å². The number of thiocarbonyl (C=S) groups is 1. The highest BCUT2D eigenvalue weighted by molar-refractivity contribution is 14.1. The van der Waals surface area contributed by atoms with Crippen molar-refractivity contribution in [3.63, 3.8) is 0 Å². The molecule has 1 atom stereocenters. The molecule has 3 N–H and O–H groups in total. The predicted octanol–water partition coefficient (Wildman–Crippen LogP) is 1.94. The van der Waals surface area contributed by atoms with Gasteiger partial charge in [0.15, 0.2) is 0 Å². The average Bonchev–Trinajstić information content (AvgIpc) is 2.26. The van der Waals surface area contributed by atoms with Crippen LogP contribution in [0.3, 0.4) is 0 Å². The van der Waals surface area contributed by atoms with Crippen LogP contribution in [0, 0.1) is 9.49 Å². The fraction of sp³-hybridized carbons (Fsp3) is 0.273. The first kappa shape index (κ1) is 13.4. The predicted molar refractivity (Wildman–Crippen MR) is 77.4 cm³/mol. The molecule has 5 heteroatoms. The maximum absolute atomic E-state index is 11.7. The third-order valence-corrected chi connectivity index (χ3v) is 3.28. The van der Waals surface area contributed by atoms with Gasteiger partial charge in [0.1, 0.15) is 0 Å². The van der Waals surface area contributed by atoms with E-state index in [0.29, 0.717) is 17.1 Å². The molecule has 1 rings (SSSR count). The number of rotatable bonds is 4. The molecule has 1 amide bonds. The number of benzene rings is 1. The first-order chi connectivity index (χ1) is 7.50. The molecule has 86 valence electrons. The van der Waals surface area contributed by atoms with Gasteiger partial charge in [0.25, 0.3) is 5.91 Å². The van der Waals surface area contributed by atoms with E-state index >= 15 is 0 Å². The molecule has 0 aliphatic heterocycles. The molecule has 0 saturated heterocycles. The van der Waals surface area contributed by atoms with Crippen molar-refractivity contribution in [3.8, 4) is 0 Å². The van der Waals surface area contributed by atoms with E-state index in [1.165, 1.54) is 0 Å². The number of halogens is 1. The Hall–Kier alpha value is -0.690. The highest BCUT2D eigenvalue weighted by Gasteiger charge is 2.08. The molecule has 0 radical (unpaired) electrons. The number of carbonyl (C=O) groups is 1. The molecule has 0 heterocycles. The molecule has 0 aliphatic rings. The highest BCUT2D eigenvalue weighted by atomic mass is 127. The van der Waals surface area contributed by atoms with Crippen LogP contribution in [0.5, 0.6) is 0 Å². The van der Waals surface area contributed by atoms with E-state index in [0.717, 1.165) is 3.57 Å². The Balaban J connectivity index is 2.53. The van der Waals surface area contributed by atoms with Crippen LogP contribution in [0.4, 0.5) is 0 Å². The molecule has 1 aromatic carbocycles. The first-order valence-electron chi connectivity index (χ1n) is 4.84. The molecule has 0 saturated carbocycles. The monoisotopic (exact) mass is 348 g/mol. The third-order valence-electron chi connectivity index (χ3n) is 2.16. The maximum atomic E-state index is 11.7. The van der Waals surface area contributed by atoms with E-state index in [1.54, 1.807) is 12.1 Å². The lowest BCUT2D eigenvalue weighted by atomic mass is 10.1. The quantitative estimate of drug-likeness (QED) is 0.646. The fourth-order valence-electron chi connectivity index (χ4n) is 1.05. The molecule has 16 heavy (non-hydrogen) atoms. The van der Waals surface area contributed by atoms with Gasteiger partial charge in [-0.3, -0.25) is 4.79 Å². The summed E-state index contributed by atoms with van der Waals surface area (Å²) in [6.07, 6.45) is 0. The fourth-order valence-corrected chi connectivity index (χ4v) is 1.49. The van der Waals surface area contributed by atoms with Crippen LogP contribution in [-0.4, -0.2) is 17.4 Å². The minimum atomic E-state index is -0.0977. The van der Waals surface area contributed by atoms with Crippen molar-refractivity contribution in [2.75, 3.05) is 6.54 Å². The molecule has 0 aliphatic carbocycles. The summed E-state index contributed by atoms with van der Waals surface area (Å²) in [5, 5.41) is 2.79. The van der Waals surface area contributed by atoms with Crippen molar-refractivity contribution in [1.82, 2.24) is 5.32 Å². The Kier molecular flexibility index (Phi) is 5.14. The van der Waals surface area contributed by atoms with Gasteiger partial charge < -0.3 is 11.1 Å². The molecule has 0 bridgehead atoms. The standard InChI is InChI=1S/C11H13IN2OS/c1-7(10(13)16)6-14-11(15)8-2-4-9(12)5-3-8/h2-5,7H,6H2,1H3,(H2,13,16)(H,14,15). The van der Waals surface area contributed by atoms with Gasteiger partial charge in [-0.25, -0.2) is 0 Å². The second kappa shape index (κ2) is 6.15. The smallest absolute Gasteiger partial charge is 0.251 e. The van der Waals surface area contributed by atoms with E-state index in [9.17, 15) is 4.79 Å². The van der Waals surface area contributed by atoms with E-state index < -0.39 is 0 Å². The van der Waals surface area contributed by atoms with Gasteiger partial charge in [0, 0.05) is 21.6 Å². The summed E-state index contributed by atoms with van der Waals surface area (Å²) in [7, 11) is 0. The van der Waals surface area contributed by atoms with E-state index in [1.807, 2.05) is 19.1 Å². The number of carbonyl (C=O) groups excluding carboxylic acids is 1. The van der Waals surface area contributed by atoms with Gasteiger partial charge in [0.2, 0.25) is 0 Å². The molecule has 0 aromatic heterocycles. The number of amides is 1. The van der Waals surface area contributed by atoms with E-state index in [2.05, 4.69) is 27.9 Å². The highest BCUT2D eigenvalue weighted by Crippen LogP contribution is 2.06. The summed E-state index contributed by atoms with van der Waals surface area (Å²) in [5.41, 5.74) is 6.11. The van der Waals surface area contributed by atoms with E-state index in [4.69, 9.17) is 18.0 Å². The van der Waals surface area contributed by atoms with Gasteiger partial charge in [-0.2, -0.15) is 0 Å². The zero-order valence-electron chi connectivity index (χ0n) is 8.87. The lowest BCUT2D eigenvalue weighted by Crippen LogP contribution is -2.33. The summed E-state index contributed by atoms with van der Waals surface area (Å²) in [5.74, 6) is -0.0812. The summed E-state index contributed by atoms with van der Waals surface area (Å²) >= 11 is 7.02. The van der Waals surface area contributed by atoms with Crippen molar-refractivity contribution in [2.24, 2.45) is 11.7 Å². The van der Waals surface area contributed by atoms with Gasteiger partial charge in [-0.1, -0.05) is 19.1 Å². The Morgan fingerprint density at radius 3 is 2.56 bits per heavy atom. The van der Waals surface area contributed by atoms with Crippen LogP contribution in [0.25, 0.3) is 0 Å². The van der Waals surface area contributed by atoms with Crippen LogP contribution in [0.2, 0.25) is 0 Å². The number of nitrogens with one attached hydrogen (secondary N) is 1. The number of nitrogens with two attached hydrogens (primary N) is 1. The molecule has 0 fully saturated rings. The summed E-state index contributed by atoms with van der Waals surface area (Å²) in [6, 6.07) is 7.38. The zero-order chi connectivity index (χ0) is 12.1. The zero-order valence-corrected chi connectivity index (χ0v) is 11.8. The summed E-state index contributed by atoms with van der Waals surface area (Å²) < 4.78 is 1.10. The first-order valence-corrected chi connectivity index (χ1v) is 6.32. The topological polar surface area (TPSA) is 55.1 Å². The summed E-state index contributed by atoms with van der Waals surface area (Å²) in [6.45, 7) is 2.36. The second-order valence-corrected chi connectivity index (χ2v) is 5.24. The minimum absolute atomic E-state index is 0.0165. The third kappa shape index (κ3) is 4.05. The largest absolute Gasteiger partial charge is 0.393 e. The van der Waals surface area contributed by atoms with Crippen molar-refractivity contribution in [2.45, 2.75) is 6.92 Å². The van der Waals surface area contributed by atoms with Crippen LogP contribution < -0.4 is 11.1 Å². The van der Waals surface area contributed by atoms with Gasteiger partial charge >= 0.3 is 0 Å². The number of hydrogen-bond acceptors (Lipinski definition) is 2. The van der Waals surface area contributed by atoms with Crippen LogP contribution in [0.15, 0.2) is 24.3 Å². The molecule has 1 unspecified atom stereocenters. The SMILES string of the molecule is CC(CNC(=O)c1ccc(I)cc1)C(N)=S. The Bertz CT molecular complexity index is 391. The van der Waals surface area contributed by atoms with Gasteiger partial charge in [0.05, 0.1) is 4.99 Å². The van der Waals surface area contributed by atoms with E-state index in [-0.39, 0.29) is 11.8 Å². The van der Waals surface area contributed by atoms with Crippen LogP contribution in [0.1, 0.15) is 17.3 Å². The Morgan fingerprint density at radius 1 is 1.50 bits per heavy atom. The second-order valence-electron chi connectivity index (χ2n) is 3.52. The lowest BCUT2D eigenvalue weighted by molar-refractivity contribution is 0.0951. The minimum Gasteiger partial charge on any atom is -0.393 e. The molecule has 1 aromatic rings. The molecule has 3 nitrogen and oxygen atoms in total. The summed E-state index contributed by atoms with van der Waals surface area (Å²) in [4.78, 5) is 12.1. The van der Waals surface area contributed by atoms with Crippen molar-refractivity contribution in [3.05, 3.63) is 33.4 Å². The maximum Gasteiger partial charge on any atom is 0.251 e. The van der Waals surface area contributed by atoms with Crippen LogP contribution >= 0.6 is 34.8 Å². The normalized spacial score (nSPS) is 11.9.